The molecule has 16 heavy (non-hydrogen) atoms. The monoisotopic (exact) mass is 225 g/mol. The minimum Gasteiger partial charge on any atom is -0.492 e. The lowest BCUT2D eigenvalue weighted by atomic mass is 10.1. The molecule has 0 aromatic heterocycles. The first-order chi connectivity index (χ1) is 7.61. The summed E-state index contributed by atoms with van der Waals surface area (Å²) >= 11 is 0. The number of para-hydroxylation sites is 1. The summed E-state index contributed by atoms with van der Waals surface area (Å²) in [6.07, 6.45) is 0. The first-order valence-corrected chi connectivity index (χ1v) is 4.89. The van der Waals surface area contributed by atoms with Crippen LogP contribution in [0, 0.1) is 0 Å². The molecule has 0 aliphatic carbocycles. The number of rotatable bonds is 5. The van der Waals surface area contributed by atoms with E-state index in [0.717, 1.165) is 0 Å². The van der Waals surface area contributed by atoms with Gasteiger partial charge < -0.3 is 20.3 Å². The molecule has 1 rings (SSSR count). The largest absolute Gasteiger partial charge is 0.492 e. The van der Waals surface area contributed by atoms with E-state index in [-0.39, 0.29) is 0 Å². The number of aliphatic carboxylic acids is 1. The van der Waals surface area contributed by atoms with E-state index < -0.39 is 12.0 Å². The standard InChI is InChI=1S/C11H15NO4/c1-3-16-8-6-4-5-7(10(8)15-2)9(12)11(13)14/h4-6,9H,3,12H2,1-2H3,(H,13,14). The van der Waals surface area contributed by atoms with E-state index >= 15 is 0 Å². The summed E-state index contributed by atoms with van der Waals surface area (Å²) in [7, 11) is 1.45. The lowest BCUT2D eigenvalue weighted by Crippen LogP contribution is -2.21. The van der Waals surface area contributed by atoms with Crippen LogP contribution in [0.2, 0.25) is 0 Å². The summed E-state index contributed by atoms with van der Waals surface area (Å²) in [5.74, 6) is -0.231. The average molecular weight is 225 g/mol. The Morgan fingerprint density at radius 1 is 1.56 bits per heavy atom. The molecule has 0 saturated heterocycles. The summed E-state index contributed by atoms with van der Waals surface area (Å²) < 4.78 is 10.5. The molecular weight excluding hydrogens is 210 g/mol. The zero-order chi connectivity index (χ0) is 12.1. The second kappa shape index (κ2) is 5.37. The molecule has 1 aromatic rings. The number of ether oxygens (including phenoxy) is 2. The minimum absolute atomic E-state index is 0.374. The molecule has 0 aliphatic heterocycles. The van der Waals surface area contributed by atoms with Crippen molar-refractivity contribution in [2.24, 2.45) is 5.73 Å². The molecule has 0 radical (unpaired) electrons. The van der Waals surface area contributed by atoms with Crippen LogP contribution in [0.3, 0.4) is 0 Å². The Kier molecular flexibility index (Phi) is 4.13. The van der Waals surface area contributed by atoms with Gasteiger partial charge in [-0.2, -0.15) is 0 Å². The Hall–Kier alpha value is -1.75. The van der Waals surface area contributed by atoms with Crippen LogP contribution in [-0.2, 0) is 4.79 Å². The van der Waals surface area contributed by atoms with Crippen molar-refractivity contribution in [3.8, 4) is 11.5 Å². The Balaban J connectivity index is 3.17. The van der Waals surface area contributed by atoms with Crippen LogP contribution < -0.4 is 15.2 Å². The van der Waals surface area contributed by atoms with E-state index in [1.54, 1.807) is 18.2 Å². The third-order valence-corrected chi connectivity index (χ3v) is 2.11. The van der Waals surface area contributed by atoms with Crippen molar-refractivity contribution >= 4 is 5.97 Å². The molecular formula is C11H15NO4. The van der Waals surface area contributed by atoms with Crippen molar-refractivity contribution in [1.82, 2.24) is 0 Å². The van der Waals surface area contributed by atoms with Gasteiger partial charge in [0, 0.05) is 5.56 Å². The maximum Gasteiger partial charge on any atom is 0.325 e. The van der Waals surface area contributed by atoms with Crippen LogP contribution in [0.5, 0.6) is 11.5 Å². The van der Waals surface area contributed by atoms with Crippen molar-refractivity contribution in [3.63, 3.8) is 0 Å². The molecule has 5 heteroatoms. The quantitative estimate of drug-likeness (QED) is 0.786. The molecule has 0 heterocycles. The van der Waals surface area contributed by atoms with Crippen LogP contribution >= 0.6 is 0 Å². The first kappa shape index (κ1) is 12.3. The predicted octanol–water partition coefficient (Wildman–Crippen LogP) is 1.18. The van der Waals surface area contributed by atoms with Gasteiger partial charge in [-0.25, -0.2) is 0 Å². The SMILES string of the molecule is CCOc1cccc(C(N)C(=O)O)c1OC. The molecule has 3 N–H and O–H groups in total. The molecule has 1 unspecified atom stereocenters. The van der Waals surface area contributed by atoms with E-state index in [4.69, 9.17) is 20.3 Å². The molecule has 0 spiro atoms. The third kappa shape index (κ3) is 2.43. The van der Waals surface area contributed by atoms with E-state index in [2.05, 4.69) is 0 Å². The molecule has 0 bridgehead atoms. The average Bonchev–Trinajstić information content (AvgIpc) is 2.28. The van der Waals surface area contributed by atoms with E-state index in [9.17, 15) is 4.79 Å². The summed E-state index contributed by atoms with van der Waals surface area (Å²) in [6.45, 7) is 2.31. The van der Waals surface area contributed by atoms with Gasteiger partial charge in [-0.3, -0.25) is 4.79 Å². The Morgan fingerprint density at radius 3 is 2.75 bits per heavy atom. The van der Waals surface area contributed by atoms with Gasteiger partial charge in [-0.05, 0) is 13.0 Å². The summed E-state index contributed by atoms with van der Waals surface area (Å²) in [5.41, 5.74) is 5.95. The van der Waals surface area contributed by atoms with Gasteiger partial charge in [0.2, 0.25) is 0 Å². The number of methoxy groups -OCH3 is 1. The summed E-state index contributed by atoms with van der Waals surface area (Å²) in [5, 5.41) is 8.85. The minimum atomic E-state index is -1.12. The maximum atomic E-state index is 10.8. The Morgan fingerprint density at radius 2 is 2.25 bits per heavy atom. The summed E-state index contributed by atoms with van der Waals surface area (Å²) in [6, 6.07) is 3.89. The van der Waals surface area contributed by atoms with Gasteiger partial charge in [-0.1, -0.05) is 12.1 Å². The van der Waals surface area contributed by atoms with Crippen molar-refractivity contribution < 1.29 is 19.4 Å². The molecule has 0 fully saturated rings. The van der Waals surface area contributed by atoms with Crippen LogP contribution in [0.1, 0.15) is 18.5 Å². The molecule has 5 nitrogen and oxygen atoms in total. The molecule has 0 aliphatic rings. The third-order valence-electron chi connectivity index (χ3n) is 2.11. The fourth-order valence-corrected chi connectivity index (χ4v) is 1.40. The smallest absolute Gasteiger partial charge is 0.325 e. The van der Waals surface area contributed by atoms with Crippen LogP contribution in [0.4, 0.5) is 0 Å². The van der Waals surface area contributed by atoms with E-state index in [1.165, 1.54) is 7.11 Å². The highest BCUT2D eigenvalue weighted by Gasteiger charge is 2.21. The first-order valence-electron chi connectivity index (χ1n) is 4.89. The maximum absolute atomic E-state index is 10.8. The normalized spacial score (nSPS) is 11.9. The van der Waals surface area contributed by atoms with Crippen molar-refractivity contribution in [2.75, 3.05) is 13.7 Å². The molecule has 1 aromatic carbocycles. The molecule has 0 saturated carbocycles. The van der Waals surface area contributed by atoms with Crippen LogP contribution in [-0.4, -0.2) is 24.8 Å². The topological polar surface area (TPSA) is 81.8 Å². The zero-order valence-electron chi connectivity index (χ0n) is 9.27. The molecule has 1 atom stereocenters. The second-order valence-corrected chi connectivity index (χ2v) is 3.13. The number of carboxylic acid groups (broad SMARTS) is 1. The molecule has 88 valence electrons. The fraction of sp³-hybridized carbons (Fsp3) is 0.364. The predicted molar refractivity (Wildman–Crippen MR) is 58.7 cm³/mol. The van der Waals surface area contributed by atoms with E-state index in [0.29, 0.717) is 23.7 Å². The number of carbonyl (C=O) groups is 1. The highest BCUT2D eigenvalue weighted by atomic mass is 16.5. The Bertz CT molecular complexity index is 378. The number of benzene rings is 1. The number of hydrogen-bond donors (Lipinski definition) is 2. The van der Waals surface area contributed by atoms with Gasteiger partial charge in [0.05, 0.1) is 13.7 Å². The van der Waals surface area contributed by atoms with Gasteiger partial charge in [0.15, 0.2) is 11.5 Å². The zero-order valence-corrected chi connectivity index (χ0v) is 9.27. The summed E-state index contributed by atoms with van der Waals surface area (Å²) in [4.78, 5) is 10.8. The van der Waals surface area contributed by atoms with Crippen LogP contribution in [0.25, 0.3) is 0 Å². The van der Waals surface area contributed by atoms with Crippen molar-refractivity contribution in [3.05, 3.63) is 23.8 Å². The fourth-order valence-electron chi connectivity index (χ4n) is 1.40. The highest BCUT2D eigenvalue weighted by molar-refractivity contribution is 5.77. The Labute approximate surface area is 93.8 Å². The van der Waals surface area contributed by atoms with Crippen LogP contribution in [0.15, 0.2) is 18.2 Å². The second-order valence-electron chi connectivity index (χ2n) is 3.13. The van der Waals surface area contributed by atoms with Crippen molar-refractivity contribution in [2.45, 2.75) is 13.0 Å². The molecule has 0 amide bonds. The van der Waals surface area contributed by atoms with Crippen molar-refractivity contribution in [1.29, 1.82) is 0 Å². The van der Waals surface area contributed by atoms with Gasteiger partial charge >= 0.3 is 5.97 Å². The lowest BCUT2D eigenvalue weighted by Gasteiger charge is -2.15. The van der Waals surface area contributed by atoms with E-state index in [1.807, 2.05) is 6.92 Å². The van der Waals surface area contributed by atoms with Gasteiger partial charge in [-0.15, -0.1) is 0 Å². The van der Waals surface area contributed by atoms with Gasteiger partial charge in [0.1, 0.15) is 6.04 Å². The number of carboxylic acids is 1. The van der Waals surface area contributed by atoms with Gasteiger partial charge in [0.25, 0.3) is 0 Å². The number of hydrogen-bond acceptors (Lipinski definition) is 4. The highest BCUT2D eigenvalue weighted by Crippen LogP contribution is 2.34. The lowest BCUT2D eigenvalue weighted by molar-refractivity contribution is -0.138. The number of nitrogens with two attached hydrogens (primary N) is 1.